The molecule has 0 saturated carbocycles. The molecule has 3 rings (SSSR count). The van der Waals surface area contributed by atoms with E-state index in [9.17, 15) is 22.8 Å². The van der Waals surface area contributed by atoms with Gasteiger partial charge in [-0.15, -0.1) is 0 Å². The van der Waals surface area contributed by atoms with Gasteiger partial charge in [0.15, 0.2) is 0 Å². The first-order valence-electron chi connectivity index (χ1n) is 9.62. The van der Waals surface area contributed by atoms with E-state index in [4.69, 9.17) is 0 Å². The van der Waals surface area contributed by atoms with Crippen LogP contribution < -0.4 is 0 Å². The predicted octanol–water partition coefficient (Wildman–Crippen LogP) is 3.97. The second-order valence-corrected chi connectivity index (χ2v) is 7.67. The van der Waals surface area contributed by atoms with Gasteiger partial charge in [-0.3, -0.25) is 14.6 Å². The van der Waals surface area contributed by atoms with Crippen LogP contribution in [-0.4, -0.2) is 52.8 Å². The van der Waals surface area contributed by atoms with Crippen molar-refractivity contribution in [3.05, 3.63) is 41.6 Å². The number of para-hydroxylation sites is 1. The summed E-state index contributed by atoms with van der Waals surface area (Å²) < 4.78 is 41.4. The lowest BCUT2D eigenvalue weighted by molar-refractivity contribution is -0.137. The van der Waals surface area contributed by atoms with Crippen molar-refractivity contribution in [1.29, 1.82) is 0 Å². The zero-order valence-electron chi connectivity index (χ0n) is 16.7. The average molecular weight is 407 g/mol. The monoisotopic (exact) mass is 407 g/mol. The molecule has 1 saturated heterocycles. The highest BCUT2D eigenvalue weighted by Gasteiger charge is 2.39. The fourth-order valence-electron chi connectivity index (χ4n) is 3.65. The number of benzene rings is 1. The Morgan fingerprint density at radius 3 is 2.38 bits per heavy atom. The maximum Gasteiger partial charge on any atom is 0.417 e. The van der Waals surface area contributed by atoms with Crippen molar-refractivity contribution in [2.24, 2.45) is 5.92 Å². The number of piperidine rings is 1. The minimum absolute atomic E-state index is 0.00968. The lowest BCUT2D eigenvalue weighted by Crippen LogP contribution is -2.45. The molecule has 0 spiro atoms. The fourth-order valence-corrected chi connectivity index (χ4v) is 3.65. The van der Waals surface area contributed by atoms with Crippen molar-refractivity contribution in [3.8, 4) is 0 Å². The molecule has 5 nitrogen and oxygen atoms in total. The first kappa shape index (κ1) is 21.1. The number of alkyl halides is 3. The molecule has 2 amide bonds. The number of rotatable bonds is 3. The van der Waals surface area contributed by atoms with Gasteiger partial charge in [-0.05, 0) is 32.8 Å². The Balaban J connectivity index is 1.84. The number of amides is 2. The number of likely N-dealkylation sites (tertiary alicyclic amines) is 1. The minimum atomic E-state index is -4.68. The summed E-state index contributed by atoms with van der Waals surface area (Å²) in [4.78, 5) is 32.5. The van der Waals surface area contributed by atoms with E-state index in [0.29, 0.717) is 12.8 Å². The van der Waals surface area contributed by atoms with Crippen LogP contribution in [0.4, 0.5) is 13.2 Å². The van der Waals surface area contributed by atoms with Crippen LogP contribution in [0, 0.1) is 5.92 Å². The molecule has 0 aliphatic carbocycles. The average Bonchev–Trinajstić information content (AvgIpc) is 2.70. The molecule has 29 heavy (non-hydrogen) atoms. The Hall–Kier alpha value is -2.64. The van der Waals surface area contributed by atoms with E-state index in [1.54, 1.807) is 18.0 Å². The van der Waals surface area contributed by atoms with Crippen molar-refractivity contribution < 1.29 is 22.8 Å². The molecule has 1 aliphatic rings. The first-order valence-corrected chi connectivity index (χ1v) is 9.62. The second kappa shape index (κ2) is 8.00. The third kappa shape index (κ3) is 4.21. The summed E-state index contributed by atoms with van der Waals surface area (Å²) in [6.45, 7) is 4.32. The van der Waals surface area contributed by atoms with Gasteiger partial charge >= 0.3 is 6.18 Å². The smallest absolute Gasteiger partial charge is 0.343 e. The molecule has 0 N–H and O–H groups in total. The van der Waals surface area contributed by atoms with E-state index in [2.05, 4.69) is 4.98 Å². The number of hydrogen-bond donors (Lipinski definition) is 0. The summed E-state index contributed by atoms with van der Waals surface area (Å²) in [6, 6.07) is 5.98. The van der Waals surface area contributed by atoms with Crippen LogP contribution in [-0.2, 0) is 11.0 Å². The lowest BCUT2D eigenvalue weighted by Gasteiger charge is -2.34. The molecule has 2 heterocycles. The van der Waals surface area contributed by atoms with E-state index in [-0.39, 0.29) is 41.9 Å². The molecular weight excluding hydrogens is 383 g/mol. The number of nitrogens with zero attached hydrogens (tertiary/aromatic N) is 3. The van der Waals surface area contributed by atoms with E-state index in [1.807, 2.05) is 13.8 Å². The standard InChI is InChI=1S/C21H24F3N3O2/c1-13(2)26(3)19(28)14-8-10-27(11-9-14)20(29)16-12-25-17-7-5-4-6-15(17)18(16)21(22,23)24/h4-7,12-14H,8-11H2,1-3H3. The van der Waals surface area contributed by atoms with E-state index in [0.717, 1.165) is 6.20 Å². The Labute approximate surface area is 167 Å². The third-order valence-electron chi connectivity index (χ3n) is 5.54. The number of pyridine rings is 1. The summed E-state index contributed by atoms with van der Waals surface area (Å²) in [6.07, 6.45) is -2.80. The molecule has 0 radical (unpaired) electrons. The lowest BCUT2D eigenvalue weighted by atomic mass is 9.94. The molecule has 156 valence electrons. The minimum Gasteiger partial charge on any atom is -0.343 e. The van der Waals surface area contributed by atoms with Crippen LogP contribution in [0.15, 0.2) is 30.5 Å². The third-order valence-corrected chi connectivity index (χ3v) is 5.54. The zero-order valence-corrected chi connectivity index (χ0v) is 16.7. The SMILES string of the molecule is CC(C)N(C)C(=O)C1CCN(C(=O)c2cnc3ccccc3c2C(F)(F)F)CC1. The molecule has 0 unspecified atom stereocenters. The van der Waals surface area contributed by atoms with Gasteiger partial charge < -0.3 is 9.80 Å². The van der Waals surface area contributed by atoms with Crippen molar-refractivity contribution >= 4 is 22.7 Å². The Bertz CT molecular complexity index is 919. The number of aromatic nitrogens is 1. The number of fused-ring (bicyclic) bond motifs is 1. The molecule has 8 heteroatoms. The highest BCUT2D eigenvalue weighted by Crippen LogP contribution is 2.37. The Kier molecular flexibility index (Phi) is 5.82. The number of carbonyl (C=O) groups is 2. The predicted molar refractivity (Wildman–Crippen MR) is 103 cm³/mol. The van der Waals surface area contributed by atoms with E-state index in [1.165, 1.54) is 23.1 Å². The number of halogens is 3. The summed E-state index contributed by atoms with van der Waals surface area (Å²) >= 11 is 0. The van der Waals surface area contributed by atoms with E-state index < -0.39 is 23.2 Å². The summed E-state index contributed by atoms with van der Waals surface area (Å²) in [7, 11) is 1.74. The van der Waals surface area contributed by atoms with Gasteiger partial charge in [-0.2, -0.15) is 13.2 Å². The summed E-state index contributed by atoms with van der Waals surface area (Å²) in [5.41, 5.74) is -1.21. The second-order valence-electron chi connectivity index (χ2n) is 7.67. The summed E-state index contributed by atoms with van der Waals surface area (Å²) in [5, 5.41) is -0.0885. The highest BCUT2D eigenvalue weighted by molar-refractivity contribution is 6.00. The molecule has 1 aromatic carbocycles. The van der Waals surface area contributed by atoms with Gasteiger partial charge in [0.2, 0.25) is 5.91 Å². The van der Waals surface area contributed by atoms with Crippen molar-refractivity contribution in [1.82, 2.24) is 14.8 Å². The van der Waals surface area contributed by atoms with Gasteiger partial charge in [0, 0.05) is 43.7 Å². The normalized spacial score (nSPS) is 15.8. The first-order chi connectivity index (χ1) is 13.6. The van der Waals surface area contributed by atoms with Crippen molar-refractivity contribution in [2.45, 2.75) is 38.9 Å². The van der Waals surface area contributed by atoms with Gasteiger partial charge in [-0.1, -0.05) is 18.2 Å². The van der Waals surface area contributed by atoms with Gasteiger partial charge in [0.1, 0.15) is 0 Å². The molecule has 0 bridgehead atoms. The Morgan fingerprint density at radius 2 is 1.79 bits per heavy atom. The van der Waals surface area contributed by atoms with Crippen LogP contribution in [0.2, 0.25) is 0 Å². The van der Waals surface area contributed by atoms with Gasteiger partial charge in [0.25, 0.3) is 5.91 Å². The molecule has 1 fully saturated rings. The van der Waals surface area contributed by atoms with Crippen LogP contribution in [0.5, 0.6) is 0 Å². The van der Waals surface area contributed by atoms with Gasteiger partial charge in [0.05, 0.1) is 16.6 Å². The molecule has 0 atom stereocenters. The fraction of sp³-hybridized carbons (Fsp3) is 0.476. The molecule has 1 aromatic heterocycles. The van der Waals surface area contributed by atoms with Gasteiger partial charge in [-0.25, -0.2) is 0 Å². The number of hydrogen-bond acceptors (Lipinski definition) is 3. The molecule has 2 aromatic rings. The molecular formula is C21H24F3N3O2. The van der Waals surface area contributed by atoms with Crippen molar-refractivity contribution in [2.75, 3.05) is 20.1 Å². The van der Waals surface area contributed by atoms with Crippen molar-refractivity contribution in [3.63, 3.8) is 0 Å². The Morgan fingerprint density at radius 1 is 1.17 bits per heavy atom. The van der Waals surface area contributed by atoms with Crippen LogP contribution in [0.3, 0.4) is 0 Å². The van der Waals surface area contributed by atoms with Crippen LogP contribution in [0.1, 0.15) is 42.6 Å². The number of carbonyl (C=O) groups excluding carboxylic acids is 2. The van der Waals surface area contributed by atoms with E-state index >= 15 is 0 Å². The quantitative estimate of drug-likeness (QED) is 0.774. The topological polar surface area (TPSA) is 53.5 Å². The maximum atomic E-state index is 13.8. The zero-order chi connectivity index (χ0) is 21.3. The highest BCUT2D eigenvalue weighted by atomic mass is 19.4. The maximum absolute atomic E-state index is 13.8. The summed E-state index contributed by atoms with van der Waals surface area (Å²) in [5.74, 6) is -0.905. The molecule has 1 aliphatic heterocycles. The van der Waals surface area contributed by atoms with Crippen LogP contribution in [0.25, 0.3) is 10.9 Å². The van der Waals surface area contributed by atoms with Crippen LogP contribution >= 0.6 is 0 Å². The largest absolute Gasteiger partial charge is 0.417 e.